The van der Waals surface area contributed by atoms with Crippen molar-refractivity contribution < 1.29 is 17.6 Å². The average molecular weight is 366 g/mol. The van der Waals surface area contributed by atoms with E-state index < -0.39 is 10.0 Å². The van der Waals surface area contributed by atoms with Gasteiger partial charge in [0.25, 0.3) is 0 Å². The van der Waals surface area contributed by atoms with E-state index in [4.69, 9.17) is 4.42 Å². The molecule has 1 N–H and O–H groups in total. The van der Waals surface area contributed by atoms with Crippen LogP contribution in [0.5, 0.6) is 0 Å². The summed E-state index contributed by atoms with van der Waals surface area (Å²) in [5, 5.41) is 7.19. The fraction of sp³-hybridized carbons (Fsp3) is 0.500. The van der Waals surface area contributed by atoms with Crippen LogP contribution in [0, 0.1) is 5.92 Å². The fourth-order valence-corrected chi connectivity index (χ4v) is 3.94. The van der Waals surface area contributed by atoms with Gasteiger partial charge in [0, 0.05) is 37.9 Å². The van der Waals surface area contributed by atoms with Gasteiger partial charge in [-0.3, -0.25) is 9.48 Å². The van der Waals surface area contributed by atoms with Gasteiger partial charge in [-0.25, -0.2) is 12.7 Å². The SMILES string of the molecule is CS(=O)(=O)N1CCC(C(=O)NC[C@@H](c2ccco2)n2cccn2)CC1. The van der Waals surface area contributed by atoms with E-state index in [1.807, 2.05) is 18.3 Å². The van der Waals surface area contributed by atoms with Crippen molar-refractivity contribution in [2.24, 2.45) is 5.92 Å². The van der Waals surface area contributed by atoms with Crippen molar-refractivity contribution in [3.05, 3.63) is 42.6 Å². The van der Waals surface area contributed by atoms with Crippen molar-refractivity contribution in [3.63, 3.8) is 0 Å². The molecule has 0 aromatic carbocycles. The maximum Gasteiger partial charge on any atom is 0.223 e. The molecule has 0 aliphatic carbocycles. The van der Waals surface area contributed by atoms with E-state index in [0.29, 0.717) is 32.5 Å². The molecular weight excluding hydrogens is 344 g/mol. The van der Waals surface area contributed by atoms with Gasteiger partial charge in [-0.15, -0.1) is 0 Å². The summed E-state index contributed by atoms with van der Waals surface area (Å²) in [7, 11) is -3.18. The van der Waals surface area contributed by atoms with E-state index in [1.165, 1.54) is 10.6 Å². The minimum Gasteiger partial charge on any atom is -0.467 e. The van der Waals surface area contributed by atoms with Crippen LogP contribution in [0.1, 0.15) is 24.6 Å². The molecule has 3 heterocycles. The van der Waals surface area contributed by atoms with Gasteiger partial charge in [0.15, 0.2) is 0 Å². The molecule has 3 rings (SSSR count). The zero-order chi connectivity index (χ0) is 17.9. The Kier molecular flexibility index (Phi) is 5.24. The lowest BCUT2D eigenvalue weighted by molar-refractivity contribution is -0.126. The van der Waals surface area contributed by atoms with Crippen LogP contribution in [-0.4, -0.2) is 54.3 Å². The van der Waals surface area contributed by atoms with E-state index in [-0.39, 0.29) is 17.9 Å². The third-order valence-electron chi connectivity index (χ3n) is 4.48. The van der Waals surface area contributed by atoms with Crippen LogP contribution in [0.4, 0.5) is 0 Å². The fourth-order valence-electron chi connectivity index (χ4n) is 3.06. The van der Waals surface area contributed by atoms with Gasteiger partial charge in [0.05, 0.1) is 12.5 Å². The molecule has 0 bridgehead atoms. The lowest BCUT2D eigenvalue weighted by Gasteiger charge is -2.29. The molecule has 1 aliphatic rings. The maximum absolute atomic E-state index is 12.5. The number of carbonyl (C=O) groups is 1. The third kappa shape index (κ3) is 4.29. The van der Waals surface area contributed by atoms with Crippen molar-refractivity contribution in [3.8, 4) is 0 Å². The molecule has 0 radical (unpaired) electrons. The smallest absolute Gasteiger partial charge is 0.223 e. The van der Waals surface area contributed by atoms with Crippen LogP contribution in [0.25, 0.3) is 0 Å². The zero-order valence-electron chi connectivity index (χ0n) is 14.0. The predicted molar refractivity (Wildman–Crippen MR) is 91.2 cm³/mol. The molecule has 0 saturated carbocycles. The zero-order valence-corrected chi connectivity index (χ0v) is 14.9. The number of sulfonamides is 1. The molecule has 136 valence electrons. The largest absolute Gasteiger partial charge is 0.467 e. The van der Waals surface area contributed by atoms with Crippen LogP contribution in [0.3, 0.4) is 0 Å². The number of nitrogens with zero attached hydrogens (tertiary/aromatic N) is 3. The van der Waals surface area contributed by atoms with Gasteiger partial charge in [-0.2, -0.15) is 5.10 Å². The number of hydrogen-bond donors (Lipinski definition) is 1. The Bertz CT molecular complexity index is 744. The molecular formula is C16H22N4O4S. The van der Waals surface area contributed by atoms with E-state index in [2.05, 4.69) is 10.4 Å². The molecule has 1 saturated heterocycles. The summed E-state index contributed by atoms with van der Waals surface area (Å²) in [5.41, 5.74) is 0. The highest BCUT2D eigenvalue weighted by Gasteiger charge is 2.29. The summed E-state index contributed by atoms with van der Waals surface area (Å²) in [6.07, 6.45) is 7.36. The maximum atomic E-state index is 12.5. The van der Waals surface area contributed by atoms with E-state index in [9.17, 15) is 13.2 Å². The van der Waals surface area contributed by atoms with E-state index in [1.54, 1.807) is 23.2 Å². The quantitative estimate of drug-likeness (QED) is 0.817. The summed E-state index contributed by atoms with van der Waals surface area (Å²) in [4.78, 5) is 12.5. The molecule has 0 spiro atoms. The van der Waals surface area contributed by atoms with Gasteiger partial charge in [-0.05, 0) is 31.0 Å². The first-order valence-electron chi connectivity index (χ1n) is 8.20. The van der Waals surface area contributed by atoms with Crippen molar-refractivity contribution in [2.45, 2.75) is 18.9 Å². The summed E-state index contributed by atoms with van der Waals surface area (Å²) < 4.78 is 31.7. The van der Waals surface area contributed by atoms with Crippen molar-refractivity contribution >= 4 is 15.9 Å². The number of carbonyl (C=O) groups excluding carboxylic acids is 1. The molecule has 1 aliphatic heterocycles. The highest BCUT2D eigenvalue weighted by molar-refractivity contribution is 7.88. The molecule has 1 amide bonds. The number of rotatable bonds is 6. The first-order chi connectivity index (χ1) is 11.9. The average Bonchev–Trinajstić information content (AvgIpc) is 3.28. The lowest BCUT2D eigenvalue weighted by atomic mass is 9.97. The summed E-state index contributed by atoms with van der Waals surface area (Å²) in [6, 6.07) is 5.25. The normalized spacial score (nSPS) is 18.1. The number of furan rings is 1. The Balaban J connectivity index is 1.58. The summed E-state index contributed by atoms with van der Waals surface area (Å²) >= 11 is 0. The Hall–Kier alpha value is -2.13. The topological polar surface area (TPSA) is 97.4 Å². The monoisotopic (exact) mass is 366 g/mol. The van der Waals surface area contributed by atoms with Crippen LogP contribution in [0.2, 0.25) is 0 Å². The van der Waals surface area contributed by atoms with Gasteiger partial charge in [0.2, 0.25) is 15.9 Å². The van der Waals surface area contributed by atoms with Crippen LogP contribution in [0.15, 0.2) is 41.3 Å². The minimum atomic E-state index is -3.18. The molecule has 1 fully saturated rings. The van der Waals surface area contributed by atoms with Crippen LogP contribution < -0.4 is 5.32 Å². The van der Waals surface area contributed by atoms with Gasteiger partial charge < -0.3 is 9.73 Å². The highest BCUT2D eigenvalue weighted by Crippen LogP contribution is 2.21. The Morgan fingerprint density at radius 2 is 2.16 bits per heavy atom. The van der Waals surface area contributed by atoms with Crippen LogP contribution >= 0.6 is 0 Å². The molecule has 8 nitrogen and oxygen atoms in total. The van der Waals surface area contributed by atoms with Crippen molar-refractivity contribution in [2.75, 3.05) is 25.9 Å². The second-order valence-corrected chi connectivity index (χ2v) is 8.18. The number of piperidine rings is 1. The Morgan fingerprint density at radius 1 is 1.40 bits per heavy atom. The van der Waals surface area contributed by atoms with Crippen LogP contribution in [-0.2, 0) is 14.8 Å². The number of hydrogen-bond acceptors (Lipinski definition) is 5. The lowest BCUT2D eigenvalue weighted by Crippen LogP contribution is -2.43. The van der Waals surface area contributed by atoms with Crippen molar-refractivity contribution in [1.82, 2.24) is 19.4 Å². The second-order valence-electron chi connectivity index (χ2n) is 6.20. The van der Waals surface area contributed by atoms with Gasteiger partial charge in [-0.1, -0.05) is 0 Å². The number of aromatic nitrogens is 2. The Morgan fingerprint density at radius 3 is 2.72 bits per heavy atom. The first-order valence-corrected chi connectivity index (χ1v) is 10.1. The minimum absolute atomic E-state index is 0.0585. The van der Waals surface area contributed by atoms with E-state index >= 15 is 0 Å². The first kappa shape index (κ1) is 17.7. The number of nitrogens with one attached hydrogen (secondary N) is 1. The molecule has 2 aromatic rings. The van der Waals surface area contributed by atoms with Crippen molar-refractivity contribution in [1.29, 1.82) is 0 Å². The standard InChI is InChI=1S/C16H22N4O4S/c1-25(22,23)19-9-5-13(6-10-19)16(21)17-12-14(15-4-2-11-24-15)20-8-3-7-18-20/h2-4,7-8,11,13-14H,5-6,9-10,12H2,1H3,(H,17,21)/t14-/m0/s1. The summed E-state index contributed by atoms with van der Waals surface area (Å²) in [6.45, 7) is 1.13. The van der Waals surface area contributed by atoms with Gasteiger partial charge >= 0.3 is 0 Å². The Labute approximate surface area is 146 Å². The third-order valence-corrected chi connectivity index (χ3v) is 5.78. The second kappa shape index (κ2) is 7.40. The predicted octanol–water partition coefficient (Wildman–Crippen LogP) is 0.853. The van der Waals surface area contributed by atoms with E-state index in [0.717, 1.165) is 5.76 Å². The number of amides is 1. The molecule has 2 aromatic heterocycles. The molecule has 9 heteroatoms. The molecule has 1 atom stereocenters. The summed E-state index contributed by atoms with van der Waals surface area (Å²) in [5.74, 6) is 0.487. The highest BCUT2D eigenvalue weighted by atomic mass is 32.2. The molecule has 25 heavy (non-hydrogen) atoms. The molecule has 0 unspecified atom stereocenters. The van der Waals surface area contributed by atoms with Gasteiger partial charge in [0.1, 0.15) is 11.8 Å².